The molecule has 3 rings (SSSR count). The summed E-state index contributed by atoms with van der Waals surface area (Å²) < 4.78 is 1.70. The third-order valence-corrected chi connectivity index (χ3v) is 4.55. The lowest BCUT2D eigenvalue weighted by molar-refractivity contribution is 0.0610. The molecule has 2 aliphatic rings. The lowest BCUT2D eigenvalue weighted by Gasteiger charge is -2.37. The van der Waals surface area contributed by atoms with Crippen LogP contribution in [0.25, 0.3) is 0 Å². The van der Waals surface area contributed by atoms with Gasteiger partial charge in [0.2, 0.25) is 0 Å². The molecule has 1 aromatic heterocycles. The normalized spacial score (nSPS) is 28.6. The number of nitrogens with one attached hydrogen (secondary N) is 1. The van der Waals surface area contributed by atoms with Gasteiger partial charge in [0.25, 0.3) is 5.91 Å². The Labute approximate surface area is 120 Å². The van der Waals surface area contributed by atoms with Crippen LogP contribution in [-0.2, 0) is 7.05 Å². The fraction of sp³-hybridized carbons (Fsp3) is 0.733. The number of carbonyl (C=O) groups is 1. The topological polar surface area (TPSA) is 50.2 Å². The van der Waals surface area contributed by atoms with Gasteiger partial charge >= 0.3 is 0 Å². The van der Waals surface area contributed by atoms with Crippen molar-refractivity contribution in [1.82, 2.24) is 20.0 Å². The van der Waals surface area contributed by atoms with Gasteiger partial charge in [-0.05, 0) is 38.2 Å². The third-order valence-electron chi connectivity index (χ3n) is 4.55. The van der Waals surface area contributed by atoms with Crippen LogP contribution < -0.4 is 5.32 Å². The molecular weight excluding hydrogens is 252 g/mol. The predicted molar refractivity (Wildman–Crippen MR) is 77.5 cm³/mol. The number of piperidine rings is 1. The lowest BCUT2D eigenvalue weighted by atomic mass is 9.97. The highest BCUT2D eigenvalue weighted by Gasteiger charge is 2.37. The maximum absolute atomic E-state index is 12.7. The number of nitrogens with zero attached hydrogens (tertiary/aromatic N) is 3. The summed E-state index contributed by atoms with van der Waals surface area (Å²) in [5.41, 5.74) is 0.576. The molecule has 5 nitrogen and oxygen atoms in total. The first-order valence-electron chi connectivity index (χ1n) is 7.74. The summed E-state index contributed by atoms with van der Waals surface area (Å²) in [5.74, 6) is 0.0961. The van der Waals surface area contributed by atoms with Crippen molar-refractivity contribution in [1.29, 1.82) is 0 Å². The Morgan fingerprint density at radius 2 is 2.15 bits per heavy atom. The maximum atomic E-state index is 12.7. The molecule has 20 heavy (non-hydrogen) atoms. The van der Waals surface area contributed by atoms with Gasteiger partial charge in [0, 0.05) is 37.9 Å². The second-order valence-electron chi connectivity index (χ2n) is 6.14. The van der Waals surface area contributed by atoms with Crippen LogP contribution in [0, 0.1) is 0 Å². The number of amides is 1. The molecule has 5 heteroatoms. The molecule has 0 saturated carbocycles. The molecule has 3 heterocycles. The monoisotopic (exact) mass is 276 g/mol. The van der Waals surface area contributed by atoms with Crippen molar-refractivity contribution in [3.8, 4) is 0 Å². The van der Waals surface area contributed by atoms with Crippen molar-refractivity contribution in [2.45, 2.75) is 57.2 Å². The molecule has 2 unspecified atom stereocenters. The fourth-order valence-electron chi connectivity index (χ4n) is 3.65. The summed E-state index contributed by atoms with van der Waals surface area (Å²) in [6.07, 6.45) is 7.54. The van der Waals surface area contributed by atoms with Gasteiger partial charge in [-0.1, -0.05) is 6.92 Å². The minimum Gasteiger partial charge on any atom is -0.334 e. The van der Waals surface area contributed by atoms with Crippen molar-refractivity contribution in [2.75, 3.05) is 6.54 Å². The molecule has 1 aromatic rings. The van der Waals surface area contributed by atoms with E-state index in [-0.39, 0.29) is 5.91 Å². The van der Waals surface area contributed by atoms with Gasteiger partial charge in [0.1, 0.15) is 5.69 Å². The van der Waals surface area contributed by atoms with E-state index in [0.717, 1.165) is 25.8 Å². The van der Waals surface area contributed by atoms with Crippen LogP contribution in [0.5, 0.6) is 0 Å². The van der Waals surface area contributed by atoms with Gasteiger partial charge in [-0.25, -0.2) is 0 Å². The van der Waals surface area contributed by atoms with E-state index in [1.807, 2.05) is 19.3 Å². The van der Waals surface area contributed by atoms with Crippen LogP contribution in [-0.4, -0.2) is 45.3 Å². The van der Waals surface area contributed by atoms with Crippen molar-refractivity contribution in [3.63, 3.8) is 0 Å². The molecule has 2 bridgehead atoms. The molecule has 0 spiro atoms. The Hall–Kier alpha value is -1.36. The van der Waals surface area contributed by atoms with Gasteiger partial charge in [-0.3, -0.25) is 9.48 Å². The van der Waals surface area contributed by atoms with Gasteiger partial charge in [-0.15, -0.1) is 0 Å². The van der Waals surface area contributed by atoms with Gasteiger partial charge in [-0.2, -0.15) is 5.10 Å². The van der Waals surface area contributed by atoms with E-state index >= 15 is 0 Å². The van der Waals surface area contributed by atoms with Crippen molar-refractivity contribution >= 4 is 5.91 Å². The highest BCUT2D eigenvalue weighted by Crippen LogP contribution is 2.30. The minimum atomic E-state index is 0.0961. The molecule has 2 atom stereocenters. The Morgan fingerprint density at radius 3 is 2.70 bits per heavy atom. The largest absolute Gasteiger partial charge is 0.334 e. The second kappa shape index (κ2) is 5.56. The van der Waals surface area contributed by atoms with Gasteiger partial charge < -0.3 is 10.2 Å². The number of rotatable bonds is 4. The Morgan fingerprint density at radius 1 is 1.45 bits per heavy atom. The Kier molecular flexibility index (Phi) is 3.78. The average molecular weight is 276 g/mol. The summed E-state index contributed by atoms with van der Waals surface area (Å²) in [6.45, 7) is 2.97. The average Bonchev–Trinajstić information content (AvgIpc) is 3.01. The SMILES string of the molecule is CCCN(C(=O)c1ccn(C)n1)C1CC2CCC(C1)N2. The van der Waals surface area contributed by atoms with E-state index in [1.165, 1.54) is 12.8 Å². The summed E-state index contributed by atoms with van der Waals surface area (Å²) in [5, 5.41) is 7.91. The summed E-state index contributed by atoms with van der Waals surface area (Å²) >= 11 is 0. The molecule has 2 fully saturated rings. The van der Waals surface area contributed by atoms with Crippen molar-refractivity contribution < 1.29 is 4.79 Å². The van der Waals surface area contributed by atoms with Gasteiger partial charge in [0.05, 0.1) is 0 Å². The third kappa shape index (κ3) is 2.59. The maximum Gasteiger partial charge on any atom is 0.274 e. The van der Waals surface area contributed by atoms with Crippen LogP contribution in [0.4, 0.5) is 0 Å². The number of fused-ring (bicyclic) bond motifs is 2. The molecule has 0 aliphatic carbocycles. The molecule has 1 amide bonds. The number of aryl methyl sites for hydroxylation is 1. The quantitative estimate of drug-likeness (QED) is 0.908. The van der Waals surface area contributed by atoms with Crippen LogP contribution in [0.1, 0.15) is 49.5 Å². The number of hydrogen-bond donors (Lipinski definition) is 1. The number of aromatic nitrogens is 2. The van der Waals surface area contributed by atoms with Crippen LogP contribution in [0.2, 0.25) is 0 Å². The highest BCUT2D eigenvalue weighted by atomic mass is 16.2. The zero-order valence-electron chi connectivity index (χ0n) is 12.4. The van der Waals surface area contributed by atoms with E-state index < -0.39 is 0 Å². The van der Waals surface area contributed by atoms with Crippen molar-refractivity contribution in [3.05, 3.63) is 18.0 Å². The van der Waals surface area contributed by atoms with Crippen LogP contribution in [0.3, 0.4) is 0 Å². The number of hydrogen-bond acceptors (Lipinski definition) is 3. The Bertz CT molecular complexity index is 472. The smallest absolute Gasteiger partial charge is 0.274 e. The first-order valence-corrected chi connectivity index (χ1v) is 7.74. The molecule has 2 aliphatic heterocycles. The predicted octanol–water partition coefficient (Wildman–Crippen LogP) is 1.56. The lowest BCUT2D eigenvalue weighted by Crippen LogP contribution is -2.50. The first kappa shape index (κ1) is 13.6. The number of carbonyl (C=O) groups excluding carboxylic acids is 1. The first-order chi connectivity index (χ1) is 9.67. The highest BCUT2D eigenvalue weighted by molar-refractivity contribution is 5.92. The molecule has 110 valence electrons. The molecule has 1 N–H and O–H groups in total. The van der Waals surface area contributed by atoms with E-state index in [9.17, 15) is 4.79 Å². The Balaban J connectivity index is 1.76. The van der Waals surface area contributed by atoms with E-state index in [2.05, 4.69) is 22.2 Å². The van der Waals surface area contributed by atoms with E-state index in [0.29, 0.717) is 23.8 Å². The molecule has 0 radical (unpaired) electrons. The summed E-state index contributed by atoms with van der Waals surface area (Å²) in [6, 6.07) is 3.41. The molecule has 2 saturated heterocycles. The second-order valence-corrected chi connectivity index (χ2v) is 6.14. The minimum absolute atomic E-state index is 0.0961. The van der Waals surface area contributed by atoms with Crippen molar-refractivity contribution in [2.24, 2.45) is 7.05 Å². The molecule has 0 aromatic carbocycles. The van der Waals surface area contributed by atoms with E-state index in [4.69, 9.17) is 0 Å². The standard InChI is InChI=1S/C15H24N4O/c1-3-7-19(15(20)14-6-8-18(2)17-14)13-9-11-4-5-12(10-13)16-11/h6,8,11-13,16H,3-5,7,9-10H2,1-2H3. The molecular formula is C15H24N4O. The van der Waals surface area contributed by atoms with Gasteiger partial charge in [0.15, 0.2) is 0 Å². The van der Waals surface area contributed by atoms with Crippen LogP contribution >= 0.6 is 0 Å². The summed E-state index contributed by atoms with van der Waals surface area (Å²) in [4.78, 5) is 14.8. The van der Waals surface area contributed by atoms with Crippen LogP contribution in [0.15, 0.2) is 12.3 Å². The zero-order valence-corrected chi connectivity index (χ0v) is 12.4. The fourth-order valence-corrected chi connectivity index (χ4v) is 3.65. The zero-order chi connectivity index (χ0) is 14.1. The van der Waals surface area contributed by atoms with E-state index in [1.54, 1.807) is 4.68 Å². The summed E-state index contributed by atoms with van der Waals surface area (Å²) in [7, 11) is 1.85.